The zero-order valence-corrected chi connectivity index (χ0v) is 8.86. The first kappa shape index (κ1) is 9.85. The van der Waals surface area contributed by atoms with Crippen LogP contribution in [0.25, 0.3) is 0 Å². The van der Waals surface area contributed by atoms with E-state index in [9.17, 15) is 4.79 Å². The standard InChI is InChI=1S/C9H9N3O2S/c1-6-5-15-8(11-6)4-12-3-7(2-10-12)9(13)14/h2-3,5H,4H2,1H3,(H,13,14). The van der Waals surface area contributed by atoms with Crippen molar-refractivity contribution in [3.05, 3.63) is 34.0 Å². The molecule has 15 heavy (non-hydrogen) atoms. The topological polar surface area (TPSA) is 68.0 Å². The van der Waals surface area contributed by atoms with E-state index in [0.29, 0.717) is 6.54 Å². The Hall–Kier alpha value is -1.69. The van der Waals surface area contributed by atoms with Gasteiger partial charge in [-0.2, -0.15) is 5.10 Å². The molecule has 0 aromatic carbocycles. The first-order chi connectivity index (χ1) is 7.15. The van der Waals surface area contributed by atoms with Crippen molar-refractivity contribution in [3.63, 3.8) is 0 Å². The van der Waals surface area contributed by atoms with Gasteiger partial charge in [0.2, 0.25) is 0 Å². The zero-order chi connectivity index (χ0) is 10.8. The molecule has 0 unspecified atom stereocenters. The van der Waals surface area contributed by atoms with E-state index in [1.165, 1.54) is 12.4 Å². The minimum absolute atomic E-state index is 0.197. The van der Waals surface area contributed by atoms with Crippen LogP contribution >= 0.6 is 11.3 Å². The van der Waals surface area contributed by atoms with Crippen LogP contribution in [-0.2, 0) is 6.54 Å². The summed E-state index contributed by atoms with van der Waals surface area (Å²) in [5, 5.41) is 15.5. The second-order valence-corrected chi connectivity index (χ2v) is 4.06. The Kier molecular flexibility index (Phi) is 2.51. The van der Waals surface area contributed by atoms with Crippen LogP contribution in [-0.4, -0.2) is 25.8 Å². The zero-order valence-electron chi connectivity index (χ0n) is 8.04. The quantitative estimate of drug-likeness (QED) is 0.853. The molecular weight excluding hydrogens is 214 g/mol. The largest absolute Gasteiger partial charge is 0.478 e. The van der Waals surface area contributed by atoms with Gasteiger partial charge in [-0.25, -0.2) is 9.78 Å². The summed E-state index contributed by atoms with van der Waals surface area (Å²) >= 11 is 1.54. The van der Waals surface area contributed by atoms with Gasteiger partial charge in [-0.05, 0) is 6.92 Å². The third-order valence-electron chi connectivity index (χ3n) is 1.84. The van der Waals surface area contributed by atoms with Gasteiger partial charge in [-0.3, -0.25) is 4.68 Å². The van der Waals surface area contributed by atoms with E-state index in [4.69, 9.17) is 5.11 Å². The molecule has 0 aliphatic rings. The molecule has 0 spiro atoms. The van der Waals surface area contributed by atoms with Crippen LogP contribution in [0, 0.1) is 6.92 Å². The predicted molar refractivity (Wildman–Crippen MR) is 55.1 cm³/mol. The maximum absolute atomic E-state index is 10.6. The number of carbonyl (C=O) groups is 1. The fourth-order valence-corrected chi connectivity index (χ4v) is 1.94. The molecule has 1 N–H and O–H groups in total. The number of nitrogens with zero attached hydrogens (tertiary/aromatic N) is 3. The van der Waals surface area contributed by atoms with Crippen molar-refractivity contribution in [3.8, 4) is 0 Å². The van der Waals surface area contributed by atoms with E-state index in [1.807, 2.05) is 12.3 Å². The van der Waals surface area contributed by atoms with Gasteiger partial charge in [0.25, 0.3) is 0 Å². The highest BCUT2D eigenvalue weighted by molar-refractivity contribution is 7.09. The average molecular weight is 223 g/mol. The number of thiazole rings is 1. The summed E-state index contributed by atoms with van der Waals surface area (Å²) in [5.41, 5.74) is 1.17. The van der Waals surface area contributed by atoms with Crippen molar-refractivity contribution >= 4 is 17.3 Å². The third-order valence-corrected chi connectivity index (χ3v) is 2.80. The number of rotatable bonds is 3. The lowest BCUT2D eigenvalue weighted by atomic mass is 10.4. The number of aromatic carboxylic acids is 1. The monoisotopic (exact) mass is 223 g/mol. The molecule has 2 rings (SSSR count). The molecule has 78 valence electrons. The molecular formula is C9H9N3O2S. The predicted octanol–water partition coefficient (Wildman–Crippen LogP) is 1.39. The normalized spacial score (nSPS) is 10.5. The van der Waals surface area contributed by atoms with Crippen molar-refractivity contribution in [2.45, 2.75) is 13.5 Å². The molecule has 6 heteroatoms. The van der Waals surface area contributed by atoms with Crippen LogP contribution in [0.4, 0.5) is 0 Å². The molecule has 0 saturated carbocycles. The molecule has 2 heterocycles. The minimum atomic E-state index is -0.962. The van der Waals surface area contributed by atoms with E-state index < -0.39 is 5.97 Å². The summed E-state index contributed by atoms with van der Waals surface area (Å²) in [5.74, 6) is -0.962. The van der Waals surface area contributed by atoms with Gasteiger partial charge < -0.3 is 5.11 Å². The lowest BCUT2D eigenvalue weighted by Crippen LogP contribution is -2.00. The van der Waals surface area contributed by atoms with Crippen LogP contribution in [0.3, 0.4) is 0 Å². The van der Waals surface area contributed by atoms with Crippen LogP contribution in [0.1, 0.15) is 21.1 Å². The van der Waals surface area contributed by atoms with Gasteiger partial charge in [0.15, 0.2) is 0 Å². The third kappa shape index (κ3) is 2.21. The number of hydrogen-bond acceptors (Lipinski definition) is 4. The minimum Gasteiger partial charge on any atom is -0.478 e. The number of aromatic nitrogens is 3. The van der Waals surface area contributed by atoms with Crippen molar-refractivity contribution < 1.29 is 9.90 Å². The smallest absolute Gasteiger partial charge is 0.338 e. The summed E-state index contributed by atoms with van der Waals surface area (Å²) < 4.78 is 1.57. The summed E-state index contributed by atoms with van der Waals surface area (Å²) in [6, 6.07) is 0. The maximum atomic E-state index is 10.6. The number of hydrogen-bond donors (Lipinski definition) is 1. The summed E-state index contributed by atoms with van der Waals surface area (Å²) in [4.78, 5) is 14.9. The Morgan fingerprint density at radius 2 is 2.47 bits per heavy atom. The van der Waals surface area contributed by atoms with Gasteiger partial charge in [0.1, 0.15) is 5.01 Å². The van der Waals surface area contributed by atoms with Gasteiger partial charge in [0, 0.05) is 17.3 Å². The van der Waals surface area contributed by atoms with Gasteiger partial charge in [-0.15, -0.1) is 11.3 Å². The Morgan fingerprint density at radius 1 is 1.67 bits per heavy atom. The van der Waals surface area contributed by atoms with Gasteiger partial charge in [-0.1, -0.05) is 0 Å². The Balaban J connectivity index is 2.14. The fourth-order valence-electron chi connectivity index (χ4n) is 1.17. The van der Waals surface area contributed by atoms with E-state index >= 15 is 0 Å². The maximum Gasteiger partial charge on any atom is 0.338 e. The van der Waals surface area contributed by atoms with E-state index in [0.717, 1.165) is 10.7 Å². The van der Waals surface area contributed by atoms with Gasteiger partial charge in [0.05, 0.1) is 18.3 Å². The second-order valence-electron chi connectivity index (χ2n) is 3.11. The first-order valence-corrected chi connectivity index (χ1v) is 5.20. The molecule has 0 radical (unpaired) electrons. The van der Waals surface area contributed by atoms with Crippen LogP contribution < -0.4 is 0 Å². The SMILES string of the molecule is Cc1csc(Cn2cc(C(=O)O)cn2)n1. The fraction of sp³-hybridized carbons (Fsp3) is 0.222. The molecule has 2 aromatic rings. The average Bonchev–Trinajstić information content (AvgIpc) is 2.76. The molecule has 0 bridgehead atoms. The summed E-state index contributed by atoms with van der Waals surface area (Å²) in [7, 11) is 0. The van der Waals surface area contributed by atoms with Crippen LogP contribution in [0.15, 0.2) is 17.8 Å². The molecule has 0 fully saturated rings. The molecule has 0 aliphatic heterocycles. The lowest BCUT2D eigenvalue weighted by Gasteiger charge is -1.95. The highest BCUT2D eigenvalue weighted by Crippen LogP contribution is 2.10. The van der Waals surface area contributed by atoms with Crippen molar-refractivity contribution in [2.75, 3.05) is 0 Å². The molecule has 0 saturated heterocycles. The highest BCUT2D eigenvalue weighted by Gasteiger charge is 2.07. The van der Waals surface area contributed by atoms with Crippen molar-refractivity contribution in [1.29, 1.82) is 0 Å². The van der Waals surface area contributed by atoms with E-state index in [1.54, 1.807) is 16.0 Å². The number of carboxylic acid groups (broad SMARTS) is 1. The van der Waals surface area contributed by atoms with Gasteiger partial charge >= 0.3 is 5.97 Å². The molecule has 0 amide bonds. The Labute approximate surface area is 90.0 Å². The Bertz CT molecular complexity index is 489. The highest BCUT2D eigenvalue weighted by atomic mass is 32.1. The van der Waals surface area contributed by atoms with Crippen LogP contribution in [0.2, 0.25) is 0 Å². The van der Waals surface area contributed by atoms with E-state index in [2.05, 4.69) is 10.1 Å². The Morgan fingerprint density at radius 3 is 3.00 bits per heavy atom. The second kappa shape index (κ2) is 3.82. The van der Waals surface area contributed by atoms with Crippen molar-refractivity contribution in [1.82, 2.24) is 14.8 Å². The van der Waals surface area contributed by atoms with Crippen LogP contribution in [0.5, 0.6) is 0 Å². The number of carboxylic acids is 1. The van der Waals surface area contributed by atoms with Crippen molar-refractivity contribution in [2.24, 2.45) is 0 Å². The first-order valence-electron chi connectivity index (χ1n) is 4.32. The molecule has 2 aromatic heterocycles. The molecule has 5 nitrogen and oxygen atoms in total. The lowest BCUT2D eigenvalue weighted by molar-refractivity contribution is 0.0697. The summed E-state index contributed by atoms with van der Waals surface area (Å²) in [6.45, 7) is 2.44. The van der Waals surface area contributed by atoms with E-state index in [-0.39, 0.29) is 5.56 Å². The number of aryl methyl sites for hydroxylation is 1. The molecule has 0 atom stereocenters. The summed E-state index contributed by atoms with van der Waals surface area (Å²) in [6.07, 6.45) is 2.84. The molecule has 0 aliphatic carbocycles.